The number of carboxylic acids is 1. The Morgan fingerprint density at radius 2 is 2.12 bits per heavy atom. The number of benzene rings is 1. The van der Waals surface area contributed by atoms with Crippen LogP contribution >= 0.6 is 11.8 Å². The van der Waals surface area contributed by atoms with E-state index < -0.39 is 22.7 Å². The van der Waals surface area contributed by atoms with E-state index in [1.165, 1.54) is 30.1 Å². The number of aliphatic carboxylic acids is 1. The number of ether oxygens (including phenoxy) is 1. The van der Waals surface area contributed by atoms with Gasteiger partial charge < -0.3 is 15.2 Å². The van der Waals surface area contributed by atoms with Crippen LogP contribution in [0.15, 0.2) is 35.4 Å². The summed E-state index contributed by atoms with van der Waals surface area (Å²) in [6.45, 7) is 2.91. The van der Waals surface area contributed by atoms with Gasteiger partial charge in [-0.3, -0.25) is 4.90 Å². The summed E-state index contributed by atoms with van der Waals surface area (Å²) < 4.78 is 44.7. The highest BCUT2D eigenvalue weighted by Crippen LogP contribution is 2.43. The van der Waals surface area contributed by atoms with E-state index in [2.05, 4.69) is 5.32 Å². The van der Waals surface area contributed by atoms with Crippen molar-refractivity contribution in [3.05, 3.63) is 46.5 Å². The van der Waals surface area contributed by atoms with Crippen LogP contribution < -0.4 is 5.32 Å². The Labute approximate surface area is 153 Å². The van der Waals surface area contributed by atoms with E-state index in [9.17, 15) is 18.0 Å². The minimum atomic E-state index is -4.40. The van der Waals surface area contributed by atoms with Crippen LogP contribution in [0.5, 0.6) is 0 Å². The highest BCUT2D eigenvalue weighted by Gasteiger charge is 2.47. The second kappa shape index (κ2) is 7.13. The van der Waals surface area contributed by atoms with E-state index in [0.717, 1.165) is 6.07 Å². The van der Waals surface area contributed by atoms with Crippen molar-refractivity contribution in [2.24, 2.45) is 0 Å². The van der Waals surface area contributed by atoms with Crippen LogP contribution in [0.1, 0.15) is 24.5 Å². The van der Waals surface area contributed by atoms with Crippen LogP contribution in [0.4, 0.5) is 13.2 Å². The van der Waals surface area contributed by atoms with Crippen LogP contribution in [0.25, 0.3) is 0 Å². The molecule has 0 amide bonds. The lowest BCUT2D eigenvalue weighted by atomic mass is 10.1. The third-order valence-electron chi connectivity index (χ3n) is 4.55. The topological polar surface area (TPSA) is 61.8 Å². The lowest BCUT2D eigenvalue weighted by molar-refractivity contribution is -0.140. The molecule has 1 saturated heterocycles. The average Bonchev–Trinajstić information content (AvgIpc) is 2.99. The van der Waals surface area contributed by atoms with Crippen LogP contribution in [0, 0.1) is 0 Å². The van der Waals surface area contributed by atoms with Gasteiger partial charge in [-0.2, -0.15) is 13.2 Å². The summed E-state index contributed by atoms with van der Waals surface area (Å²) in [5.41, 5.74) is -0.559. The zero-order chi connectivity index (χ0) is 18.9. The lowest BCUT2D eigenvalue weighted by Crippen LogP contribution is -2.64. The molecule has 3 rings (SSSR count). The molecule has 142 valence electrons. The van der Waals surface area contributed by atoms with Gasteiger partial charge in [0.25, 0.3) is 0 Å². The van der Waals surface area contributed by atoms with Crippen LogP contribution in [-0.2, 0) is 22.3 Å². The fraction of sp³-hybridized carbons (Fsp3) is 0.471. The van der Waals surface area contributed by atoms with Gasteiger partial charge in [0.05, 0.1) is 18.3 Å². The van der Waals surface area contributed by atoms with Crippen molar-refractivity contribution in [2.45, 2.75) is 37.2 Å². The molecule has 0 aliphatic carbocycles. The summed E-state index contributed by atoms with van der Waals surface area (Å²) in [5.74, 6) is -0.977. The van der Waals surface area contributed by atoms with E-state index in [1.54, 1.807) is 6.07 Å². The van der Waals surface area contributed by atoms with Gasteiger partial charge in [-0.25, -0.2) is 4.79 Å². The monoisotopic (exact) mass is 388 g/mol. The molecule has 26 heavy (non-hydrogen) atoms. The van der Waals surface area contributed by atoms with E-state index >= 15 is 0 Å². The number of nitrogens with one attached hydrogen (secondary N) is 1. The average molecular weight is 388 g/mol. The van der Waals surface area contributed by atoms with Gasteiger partial charge in [-0.15, -0.1) is 0 Å². The molecule has 0 radical (unpaired) electrons. The van der Waals surface area contributed by atoms with Gasteiger partial charge in [0.2, 0.25) is 0 Å². The molecular weight excluding hydrogens is 369 g/mol. The summed E-state index contributed by atoms with van der Waals surface area (Å²) in [5, 5.41) is 12.2. The molecule has 1 unspecified atom stereocenters. The number of halogens is 3. The first-order valence-corrected chi connectivity index (χ1v) is 8.99. The molecule has 2 N–H and O–H groups in total. The third-order valence-corrected chi connectivity index (χ3v) is 6.07. The van der Waals surface area contributed by atoms with Crippen LogP contribution in [0.2, 0.25) is 0 Å². The Hall–Kier alpha value is -1.71. The SMILES string of the molecule is CCC1(N2CC(OCc3ccccc3C(F)(F)F)C2)NC=C(C(=O)O)S1. The van der Waals surface area contributed by atoms with E-state index in [0.29, 0.717) is 19.5 Å². The zero-order valence-corrected chi connectivity index (χ0v) is 14.9. The number of rotatable bonds is 6. The van der Waals surface area contributed by atoms with Crippen molar-refractivity contribution in [3.63, 3.8) is 0 Å². The first-order valence-electron chi connectivity index (χ1n) is 8.17. The van der Waals surface area contributed by atoms with Crippen molar-refractivity contribution in [2.75, 3.05) is 13.1 Å². The Morgan fingerprint density at radius 1 is 1.42 bits per heavy atom. The molecule has 0 bridgehead atoms. The molecule has 0 spiro atoms. The molecule has 2 heterocycles. The normalized spacial score (nSPS) is 24.1. The highest BCUT2D eigenvalue weighted by molar-refractivity contribution is 8.05. The predicted octanol–water partition coefficient (Wildman–Crippen LogP) is 3.23. The van der Waals surface area contributed by atoms with E-state index in [1.807, 2.05) is 11.8 Å². The lowest BCUT2D eigenvalue weighted by Gasteiger charge is -2.49. The van der Waals surface area contributed by atoms with Gasteiger partial charge >= 0.3 is 12.1 Å². The van der Waals surface area contributed by atoms with Gasteiger partial charge in [0.15, 0.2) is 0 Å². The maximum atomic E-state index is 13.0. The fourth-order valence-corrected chi connectivity index (χ4v) is 4.16. The second-order valence-corrected chi connectivity index (χ2v) is 7.51. The number of hydrogen-bond donors (Lipinski definition) is 2. The number of carboxylic acid groups (broad SMARTS) is 1. The van der Waals surface area contributed by atoms with Gasteiger partial charge in [-0.05, 0) is 18.1 Å². The molecular formula is C17H19F3N2O3S. The van der Waals surface area contributed by atoms with Crippen molar-refractivity contribution in [1.82, 2.24) is 10.2 Å². The molecule has 1 aromatic carbocycles. The molecule has 1 atom stereocenters. The summed E-state index contributed by atoms with van der Waals surface area (Å²) in [7, 11) is 0. The minimum absolute atomic E-state index is 0.105. The summed E-state index contributed by atoms with van der Waals surface area (Å²) in [4.78, 5) is 12.9. The molecule has 2 aliphatic heterocycles. The number of nitrogens with zero attached hydrogens (tertiary/aromatic N) is 1. The molecule has 9 heteroatoms. The van der Waals surface area contributed by atoms with Gasteiger partial charge in [-0.1, -0.05) is 36.9 Å². The van der Waals surface area contributed by atoms with E-state index in [4.69, 9.17) is 9.84 Å². The second-order valence-electron chi connectivity index (χ2n) is 6.19. The summed E-state index contributed by atoms with van der Waals surface area (Å²) in [6.07, 6.45) is -2.42. The quantitative estimate of drug-likeness (QED) is 0.780. The Balaban J connectivity index is 1.55. The summed E-state index contributed by atoms with van der Waals surface area (Å²) >= 11 is 1.24. The minimum Gasteiger partial charge on any atom is -0.477 e. The number of alkyl halides is 3. The smallest absolute Gasteiger partial charge is 0.416 e. The molecule has 0 aromatic heterocycles. The highest BCUT2D eigenvalue weighted by atomic mass is 32.2. The van der Waals surface area contributed by atoms with Crippen LogP contribution in [0.3, 0.4) is 0 Å². The summed E-state index contributed by atoms with van der Waals surface area (Å²) in [6, 6.07) is 5.39. The van der Waals surface area contributed by atoms with Crippen molar-refractivity contribution >= 4 is 17.7 Å². The zero-order valence-electron chi connectivity index (χ0n) is 14.0. The number of likely N-dealkylation sites (tertiary alicyclic amines) is 1. The predicted molar refractivity (Wildman–Crippen MR) is 91.1 cm³/mol. The first-order chi connectivity index (χ1) is 12.2. The largest absolute Gasteiger partial charge is 0.477 e. The maximum absolute atomic E-state index is 13.0. The van der Waals surface area contributed by atoms with Crippen LogP contribution in [-0.4, -0.2) is 40.2 Å². The Bertz CT molecular complexity index is 719. The number of thioether (sulfide) groups is 1. The van der Waals surface area contributed by atoms with Gasteiger partial charge in [0.1, 0.15) is 9.90 Å². The number of carbonyl (C=O) groups is 1. The molecule has 1 fully saturated rings. The molecule has 2 aliphatic rings. The maximum Gasteiger partial charge on any atom is 0.416 e. The Kier molecular flexibility index (Phi) is 5.23. The molecule has 0 saturated carbocycles. The van der Waals surface area contributed by atoms with E-state index in [-0.39, 0.29) is 23.2 Å². The molecule has 1 aromatic rings. The third kappa shape index (κ3) is 3.70. The Morgan fingerprint density at radius 3 is 2.69 bits per heavy atom. The first kappa shape index (κ1) is 19.1. The van der Waals surface area contributed by atoms with Crippen molar-refractivity contribution < 1.29 is 27.8 Å². The number of hydrogen-bond acceptors (Lipinski definition) is 5. The van der Waals surface area contributed by atoms with Gasteiger partial charge in [0, 0.05) is 19.3 Å². The fourth-order valence-electron chi connectivity index (χ4n) is 3.05. The van der Waals surface area contributed by atoms with Crippen molar-refractivity contribution in [3.8, 4) is 0 Å². The standard InChI is InChI=1S/C17H19F3N2O3S/c1-2-16(21-7-14(26-16)15(23)24)22-8-12(9-22)25-10-11-5-3-4-6-13(11)17(18,19)20/h3-7,12,21H,2,8-10H2,1H3,(H,23,24). The molecule has 5 nitrogen and oxygen atoms in total. The van der Waals surface area contributed by atoms with Crippen molar-refractivity contribution in [1.29, 1.82) is 0 Å².